The lowest BCUT2D eigenvalue weighted by Gasteiger charge is -2.13. The predicted octanol–water partition coefficient (Wildman–Crippen LogP) is 14.1. The van der Waals surface area contributed by atoms with Crippen LogP contribution in [-0.2, 0) is 0 Å². The number of benzene rings is 6. The minimum absolute atomic E-state index is 0.561. The van der Waals surface area contributed by atoms with Gasteiger partial charge in [0.25, 0.3) is 0 Å². The Morgan fingerprint density at radius 3 is 0.924 bits per heavy atom. The van der Waals surface area contributed by atoms with Gasteiger partial charge in [0, 0.05) is 40.8 Å². The van der Waals surface area contributed by atoms with Gasteiger partial charge in [-0.3, -0.25) is 15.0 Å². The van der Waals surface area contributed by atoms with Crippen LogP contribution >= 0.6 is 0 Å². The summed E-state index contributed by atoms with van der Waals surface area (Å²) in [4.78, 5) is 34.5. The Bertz CT molecular complexity index is 3250. The first-order chi connectivity index (χ1) is 32.7. The molecule has 66 heavy (non-hydrogen) atoms. The van der Waals surface area contributed by atoms with Gasteiger partial charge in [0.2, 0.25) is 0 Å². The van der Waals surface area contributed by atoms with E-state index in [0.717, 1.165) is 95.2 Å². The standard InChI is InChI=1S/C59H39N7/c1-3-13-40(14-4-1)42-24-28-46(29-25-42)57-64-58(47-30-26-43(27-31-47)41-15-5-2-6-16-41)66-59(65-57)51-36-48(35-50(37-51)52-17-7-10-32-60-52)44-20-22-45(23-21-44)49-38-55(53-18-8-11-33-61-53)63-56(39-49)54-19-9-12-34-62-54/h1-39H. The molecule has 6 aromatic carbocycles. The minimum atomic E-state index is 0.561. The van der Waals surface area contributed by atoms with E-state index < -0.39 is 0 Å². The molecule has 11 rings (SSSR count). The van der Waals surface area contributed by atoms with Gasteiger partial charge in [-0.15, -0.1) is 0 Å². The fourth-order valence-electron chi connectivity index (χ4n) is 8.10. The summed E-state index contributed by atoms with van der Waals surface area (Å²) in [5.74, 6) is 1.73. The van der Waals surface area contributed by atoms with Crippen molar-refractivity contribution in [3.63, 3.8) is 0 Å². The highest BCUT2D eigenvalue weighted by Gasteiger charge is 2.17. The SMILES string of the molecule is c1ccc(-c2ccc(-c3nc(-c4ccc(-c5ccccc5)cc4)nc(-c4cc(-c5ccc(-c6cc(-c7ccccn7)nc(-c7ccccn7)c6)cc5)cc(-c5ccccn5)c4)n3)cc2)cc1. The fraction of sp³-hybridized carbons (Fsp3) is 0. The average molecular weight is 846 g/mol. The van der Waals surface area contributed by atoms with Crippen LogP contribution in [0, 0.1) is 0 Å². The number of hydrogen-bond acceptors (Lipinski definition) is 7. The van der Waals surface area contributed by atoms with Crippen molar-refractivity contribution < 1.29 is 0 Å². The molecule has 0 saturated carbocycles. The van der Waals surface area contributed by atoms with Gasteiger partial charge < -0.3 is 0 Å². The Morgan fingerprint density at radius 2 is 0.500 bits per heavy atom. The van der Waals surface area contributed by atoms with Crippen LogP contribution in [0.3, 0.4) is 0 Å². The summed E-state index contributed by atoms with van der Waals surface area (Å²) in [5.41, 5.74) is 16.2. The highest BCUT2D eigenvalue weighted by atomic mass is 15.0. The summed E-state index contributed by atoms with van der Waals surface area (Å²) in [5, 5.41) is 0. The molecular formula is C59H39N7. The van der Waals surface area contributed by atoms with E-state index in [2.05, 4.69) is 162 Å². The van der Waals surface area contributed by atoms with Crippen molar-refractivity contribution in [2.75, 3.05) is 0 Å². The van der Waals surface area contributed by atoms with Crippen molar-refractivity contribution >= 4 is 0 Å². The summed E-state index contributed by atoms with van der Waals surface area (Å²) in [6.45, 7) is 0. The molecule has 0 bridgehead atoms. The van der Waals surface area contributed by atoms with Gasteiger partial charge in [0.05, 0.1) is 28.5 Å². The second-order valence-corrected chi connectivity index (χ2v) is 15.8. The topological polar surface area (TPSA) is 90.2 Å². The maximum atomic E-state index is 5.20. The second-order valence-electron chi connectivity index (χ2n) is 15.8. The molecule has 0 spiro atoms. The second kappa shape index (κ2) is 18.0. The smallest absolute Gasteiger partial charge is 0.164 e. The molecule has 5 heterocycles. The molecule has 7 nitrogen and oxygen atoms in total. The normalized spacial score (nSPS) is 11.0. The van der Waals surface area contributed by atoms with Gasteiger partial charge in [-0.25, -0.2) is 19.9 Å². The van der Waals surface area contributed by atoms with Crippen molar-refractivity contribution in [2.45, 2.75) is 0 Å². The Labute approximate surface area is 383 Å². The van der Waals surface area contributed by atoms with Crippen molar-refractivity contribution in [1.82, 2.24) is 34.9 Å². The largest absolute Gasteiger partial charge is 0.256 e. The maximum absolute atomic E-state index is 5.20. The van der Waals surface area contributed by atoms with Crippen molar-refractivity contribution in [1.29, 1.82) is 0 Å². The van der Waals surface area contributed by atoms with Gasteiger partial charge in [-0.2, -0.15) is 0 Å². The summed E-state index contributed by atoms with van der Waals surface area (Å²) in [6.07, 6.45) is 5.40. The zero-order valence-corrected chi connectivity index (χ0v) is 35.6. The molecule has 0 atom stereocenters. The molecule has 310 valence electrons. The van der Waals surface area contributed by atoms with Crippen LogP contribution < -0.4 is 0 Å². The molecule has 0 radical (unpaired) electrons. The van der Waals surface area contributed by atoms with Gasteiger partial charge in [0.15, 0.2) is 17.5 Å². The molecule has 0 fully saturated rings. The molecule has 7 heteroatoms. The number of pyridine rings is 4. The molecule has 0 unspecified atom stereocenters. The number of nitrogens with zero attached hydrogens (tertiary/aromatic N) is 7. The molecule has 0 aliphatic rings. The lowest BCUT2D eigenvalue weighted by atomic mass is 9.95. The molecule has 11 aromatic rings. The van der Waals surface area contributed by atoms with E-state index in [9.17, 15) is 0 Å². The summed E-state index contributed by atoms with van der Waals surface area (Å²) in [6, 6.07) is 74.5. The van der Waals surface area contributed by atoms with Gasteiger partial charge in [-0.05, 0) is 111 Å². The first-order valence-electron chi connectivity index (χ1n) is 21.8. The van der Waals surface area contributed by atoms with Crippen LogP contribution in [0.2, 0.25) is 0 Å². The van der Waals surface area contributed by atoms with E-state index in [1.165, 1.54) is 0 Å². The Balaban J connectivity index is 1.02. The highest BCUT2D eigenvalue weighted by molar-refractivity contribution is 5.82. The Morgan fingerprint density at radius 1 is 0.182 bits per heavy atom. The Kier molecular flexibility index (Phi) is 10.8. The summed E-state index contributed by atoms with van der Waals surface area (Å²) >= 11 is 0. The van der Waals surface area contributed by atoms with Crippen molar-refractivity contribution in [3.05, 3.63) is 237 Å². The molecular weight excluding hydrogens is 807 g/mol. The molecule has 0 N–H and O–H groups in total. The lowest BCUT2D eigenvalue weighted by Crippen LogP contribution is -2.01. The van der Waals surface area contributed by atoms with E-state index in [1.54, 1.807) is 12.4 Å². The molecule has 0 saturated heterocycles. The maximum Gasteiger partial charge on any atom is 0.164 e. The van der Waals surface area contributed by atoms with Crippen LogP contribution in [0.25, 0.3) is 113 Å². The third-order valence-electron chi connectivity index (χ3n) is 11.5. The van der Waals surface area contributed by atoms with Crippen molar-refractivity contribution in [2.24, 2.45) is 0 Å². The summed E-state index contributed by atoms with van der Waals surface area (Å²) in [7, 11) is 0. The van der Waals surface area contributed by atoms with Crippen LogP contribution in [0.5, 0.6) is 0 Å². The zero-order chi connectivity index (χ0) is 44.1. The molecule has 0 amide bonds. The molecule has 0 aliphatic carbocycles. The Hall–Kier alpha value is -9.07. The van der Waals surface area contributed by atoms with Gasteiger partial charge in [-0.1, -0.05) is 152 Å². The van der Waals surface area contributed by atoms with E-state index in [4.69, 9.17) is 24.9 Å². The third-order valence-corrected chi connectivity index (χ3v) is 11.5. The first-order valence-corrected chi connectivity index (χ1v) is 21.8. The molecule has 0 aliphatic heterocycles. The van der Waals surface area contributed by atoms with Crippen LogP contribution in [0.1, 0.15) is 0 Å². The monoisotopic (exact) mass is 845 g/mol. The van der Waals surface area contributed by atoms with Crippen LogP contribution in [0.4, 0.5) is 0 Å². The van der Waals surface area contributed by atoms with E-state index in [-0.39, 0.29) is 0 Å². The minimum Gasteiger partial charge on any atom is -0.256 e. The average Bonchev–Trinajstić information content (AvgIpc) is 3.42. The van der Waals surface area contributed by atoms with Gasteiger partial charge in [0.1, 0.15) is 0 Å². The predicted molar refractivity (Wildman–Crippen MR) is 265 cm³/mol. The van der Waals surface area contributed by atoms with E-state index >= 15 is 0 Å². The van der Waals surface area contributed by atoms with Gasteiger partial charge >= 0.3 is 0 Å². The number of rotatable bonds is 10. The fourth-order valence-corrected chi connectivity index (χ4v) is 8.10. The summed E-state index contributed by atoms with van der Waals surface area (Å²) < 4.78 is 0. The van der Waals surface area contributed by atoms with E-state index in [0.29, 0.717) is 17.5 Å². The highest BCUT2D eigenvalue weighted by Crippen LogP contribution is 2.36. The van der Waals surface area contributed by atoms with Crippen LogP contribution in [-0.4, -0.2) is 34.9 Å². The molecule has 5 aromatic heterocycles. The van der Waals surface area contributed by atoms with Crippen molar-refractivity contribution in [3.8, 4) is 113 Å². The third kappa shape index (κ3) is 8.52. The van der Waals surface area contributed by atoms with Crippen LogP contribution in [0.15, 0.2) is 237 Å². The van der Waals surface area contributed by atoms with E-state index in [1.807, 2.05) is 72.9 Å². The first kappa shape index (κ1) is 39.8. The number of aromatic nitrogens is 7. The zero-order valence-electron chi connectivity index (χ0n) is 35.6. The lowest BCUT2D eigenvalue weighted by molar-refractivity contribution is 1.07. The quantitative estimate of drug-likeness (QED) is 0.135. The number of hydrogen-bond donors (Lipinski definition) is 0.